The summed E-state index contributed by atoms with van der Waals surface area (Å²) in [6.07, 6.45) is -0.297. The van der Waals surface area contributed by atoms with Crippen LogP contribution in [0.15, 0.2) is 24.3 Å². The standard InChI is InChI=1S/C12H15NOS/c1-9(14)10(2)15-8-12-5-3-4-11(6-12)7-13/h3-6,9-10,14H,8H2,1-2H3/t9-,10+/m1/s1. The Morgan fingerprint density at radius 3 is 2.80 bits per heavy atom. The summed E-state index contributed by atoms with van der Waals surface area (Å²) in [5.74, 6) is 0.835. The molecule has 0 amide bonds. The lowest BCUT2D eigenvalue weighted by molar-refractivity contribution is 0.196. The topological polar surface area (TPSA) is 44.0 Å². The summed E-state index contributed by atoms with van der Waals surface area (Å²) in [5.41, 5.74) is 1.82. The molecule has 1 rings (SSSR count). The molecule has 0 aromatic heterocycles. The first kappa shape index (κ1) is 12.1. The number of hydrogen-bond acceptors (Lipinski definition) is 3. The molecule has 0 bridgehead atoms. The number of thioether (sulfide) groups is 1. The third-order valence-electron chi connectivity index (χ3n) is 2.25. The molecule has 0 saturated heterocycles. The van der Waals surface area contributed by atoms with Gasteiger partial charge in [-0.3, -0.25) is 0 Å². The van der Waals surface area contributed by atoms with Gasteiger partial charge in [-0.1, -0.05) is 19.1 Å². The summed E-state index contributed by atoms with van der Waals surface area (Å²) in [6, 6.07) is 9.70. The van der Waals surface area contributed by atoms with Crippen molar-refractivity contribution in [2.75, 3.05) is 0 Å². The van der Waals surface area contributed by atoms with Crippen molar-refractivity contribution >= 4 is 11.8 Å². The zero-order valence-corrected chi connectivity index (χ0v) is 9.79. The minimum atomic E-state index is -0.297. The van der Waals surface area contributed by atoms with Crippen molar-refractivity contribution < 1.29 is 5.11 Å². The first-order chi connectivity index (χ1) is 7.13. The Bertz CT molecular complexity index is 357. The molecule has 2 nitrogen and oxygen atoms in total. The predicted molar refractivity (Wildman–Crippen MR) is 63.6 cm³/mol. The number of aliphatic hydroxyl groups is 1. The van der Waals surface area contributed by atoms with Crippen molar-refractivity contribution in [2.45, 2.75) is 31.0 Å². The average molecular weight is 221 g/mol. The van der Waals surface area contributed by atoms with Crippen LogP contribution < -0.4 is 0 Å². The van der Waals surface area contributed by atoms with Gasteiger partial charge in [0.05, 0.1) is 17.7 Å². The molecule has 2 atom stereocenters. The first-order valence-electron chi connectivity index (χ1n) is 4.92. The molecule has 1 aromatic carbocycles. The molecule has 0 radical (unpaired) electrons. The normalized spacial score (nSPS) is 14.3. The molecule has 0 heterocycles. The molecule has 15 heavy (non-hydrogen) atoms. The molecule has 0 fully saturated rings. The zero-order chi connectivity index (χ0) is 11.3. The predicted octanol–water partition coefficient (Wildman–Crippen LogP) is 2.56. The van der Waals surface area contributed by atoms with Crippen molar-refractivity contribution in [3.63, 3.8) is 0 Å². The van der Waals surface area contributed by atoms with Crippen LogP contribution in [-0.4, -0.2) is 16.5 Å². The fraction of sp³-hybridized carbons (Fsp3) is 0.417. The number of aliphatic hydroxyl groups excluding tert-OH is 1. The molecule has 1 N–H and O–H groups in total. The van der Waals surface area contributed by atoms with Crippen LogP contribution in [0.4, 0.5) is 0 Å². The van der Waals surface area contributed by atoms with Gasteiger partial charge in [0, 0.05) is 11.0 Å². The maximum absolute atomic E-state index is 9.33. The monoisotopic (exact) mass is 221 g/mol. The zero-order valence-electron chi connectivity index (χ0n) is 8.97. The SMILES string of the molecule is C[C@H](SCc1cccc(C#N)c1)[C@@H](C)O. The van der Waals surface area contributed by atoms with E-state index in [4.69, 9.17) is 5.26 Å². The van der Waals surface area contributed by atoms with E-state index in [-0.39, 0.29) is 11.4 Å². The molecular weight excluding hydrogens is 206 g/mol. The van der Waals surface area contributed by atoms with E-state index < -0.39 is 0 Å². The van der Waals surface area contributed by atoms with Crippen molar-refractivity contribution in [3.8, 4) is 6.07 Å². The van der Waals surface area contributed by atoms with Crippen LogP contribution in [0.25, 0.3) is 0 Å². The fourth-order valence-corrected chi connectivity index (χ4v) is 2.01. The van der Waals surface area contributed by atoms with Crippen LogP contribution in [0.5, 0.6) is 0 Å². The summed E-state index contributed by atoms with van der Waals surface area (Å²) in [4.78, 5) is 0. The van der Waals surface area contributed by atoms with Gasteiger partial charge in [0.2, 0.25) is 0 Å². The molecule has 0 unspecified atom stereocenters. The van der Waals surface area contributed by atoms with Crippen molar-refractivity contribution in [3.05, 3.63) is 35.4 Å². The molecule has 3 heteroatoms. The summed E-state index contributed by atoms with van der Waals surface area (Å²) >= 11 is 1.70. The van der Waals surface area contributed by atoms with E-state index in [1.807, 2.05) is 25.1 Å². The molecular formula is C12H15NOS. The maximum Gasteiger partial charge on any atom is 0.0991 e. The number of nitriles is 1. The Kier molecular flexibility index (Phi) is 4.67. The molecule has 1 aromatic rings. The van der Waals surface area contributed by atoms with Gasteiger partial charge in [0.25, 0.3) is 0 Å². The fourth-order valence-electron chi connectivity index (χ4n) is 1.10. The third-order valence-corrected chi connectivity index (χ3v) is 3.67. The lowest BCUT2D eigenvalue weighted by Crippen LogP contribution is -2.15. The molecule has 0 aliphatic rings. The van der Waals surface area contributed by atoms with Crippen molar-refractivity contribution in [2.24, 2.45) is 0 Å². The smallest absolute Gasteiger partial charge is 0.0991 e. The van der Waals surface area contributed by atoms with Gasteiger partial charge in [-0.25, -0.2) is 0 Å². The lowest BCUT2D eigenvalue weighted by Gasteiger charge is -2.13. The first-order valence-corrected chi connectivity index (χ1v) is 5.97. The van der Waals surface area contributed by atoms with Crippen molar-refractivity contribution in [1.29, 1.82) is 5.26 Å². The molecule has 0 spiro atoms. The molecule has 0 aliphatic heterocycles. The van der Waals surface area contributed by atoms with Crippen LogP contribution in [0.1, 0.15) is 25.0 Å². The minimum absolute atomic E-state index is 0.218. The van der Waals surface area contributed by atoms with Gasteiger partial charge in [-0.2, -0.15) is 17.0 Å². The van der Waals surface area contributed by atoms with E-state index >= 15 is 0 Å². The van der Waals surface area contributed by atoms with Gasteiger partial charge in [0.15, 0.2) is 0 Å². The van der Waals surface area contributed by atoms with Crippen LogP contribution in [0.3, 0.4) is 0 Å². The van der Waals surface area contributed by atoms with E-state index in [1.165, 1.54) is 0 Å². The molecule has 0 aliphatic carbocycles. The van der Waals surface area contributed by atoms with Gasteiger partial charge in [0.1, 0.15) is 0 Å². The quantitative estimate of drug-likeness (QED) is 0.849. The summed E-state index contributed by atoms with van der Waals surface area (Å²) in [5, 5.41) is 18.3. The highest BCUT2D eigenvalue weighted by Crippen LogP contribution is 2.20. The van der Waals surface area contributed by atoms with E-state index in [1.54, 1.807) is 24.8 Å². The van der Waals surface area contributed by atoms with E-state index in [0.29, 0.717) is 5.56 Å². The van der Waals surface area contributed by atoms with E-state index in [2.05, 4.69) is 6.07 Å². The Morgan fingerprint density at radius 1 is 1.47 bits per heavy atom. The highest BCUT2D eigenvalue weighted by Gasteiger charge is 2.08. The number of benzene rings is 1. The highest BCUT2D eigenvalue weighted by atomic mass is 32.2. The summed E-state index contributed by atoms with van der Waals surface area (Å²) < 4.78 is 0. The lowest BCUT2D eigenvalue weighted by atomic mass is 10.2. The Hall–Kier alpha value is -0.980. The van der Waals surface area contributed by atoms with E-state index in [0.717, 1.165) is 11.3 Å². The van der Waals surface area contributed by atoms with Gasteiger partial charge < -0.3 is 5.11 Å². The number of rotatable bonds is 4. The number of nitrogens with zero attached hydrogens (tertiary/aromatic N) is 1. The van der Waals surface area contributed by atoms with E-state index in [9.17, 15) is 5.11 Å². The Morgan fingerprint density at radius 2 is 2.20 bits per heavy atom. The third kappa shape index (κ3) is 3.94. The van der Waals surface area contributed by atoms with Gasteiger partial charge in [-0.05, 0) is 24.6 Å². The van der Waals surface area contributed by atoms with Crippen LogP contribution in [0.2, 0.25) is 0 Å². The Labute approximate surface area is 94.9 Å². The molecule has 80 valence electrons. The van der Waals surface area contributed by atoms with Crippen LogP contribution in [-0.2, 0) is 5.75 Å². The second-order valence-electron chi connectivity index (χ2n) is 3.57. The van der Waals surface area contributed by atoms with Crippen LogP contribution >= 0.6 is 11.8 Å². The number of hydrogen-bond donors (Lipinski definition) is 1. The highest BCUT2D eigenvalue weighted by molar-refractivity contribution is 7.99. The van der Waals surface area contributed by atoms with Gasteiger partial charge >= 0.3 is 0 Å². The van der Waals surface area contributed by atoms with Crippen molar-refractivity contribution in [1.82, 2.24) is 0 Å². The second-order valence-corrected chi connectivity index (χ2v) is 4.93. The summed E-state index contributed by atoms with van der Waals surface area (Å²) in [7, 11) is 0. The largest absolute Gasteiger partial charge is 0.392 e. The molecule has 0 saturated carbocycles. The van der Waals surface area contributed by atoms with Crippen LogP contribution in [0, 0.1) is 11.3 Å². The summed E-state index contributed by atoms with van der Waals surface area (Å²) in [6.45, 7) is 3.80. The minimum Gasteiger partial charge on any atom is -0.392 e. The Balaban J connectivity index is 2.55. The maximum atomic E-state index is 9.33. The second kappa shape index (κ2) is 5.79. The average Bonchev–Trinajstić information content (AvgIpc) is 2.26. The van der Waals surface area contributed by atoms with Gasteiger partial charge in [-0.15, -0.1) is 0 Å².